The molecule has 1 unspecified atom stereocenters. The lowest BCUT2D eigenvalue weighted by atomic mass is 10.00. The highest BCUT2D eigenvalue weighted by Gasteiger charge is 2.34. The number of amides is 2. The molecule has 0 saturated carbocycles. The highest BCUT2D eigenvalue weighted by atomic mass is 16.3. The average Bonchev–Trinajstić information content (AvgIpc) is 3.22. The SMILES string of the molecule is CN(Cc1ccccc1)C(=O)CCC(=O)N1CCC[C@H]1C(O)c1ccccc1. The first-order valence-corrected chi connectivity index (χ1v) is 9.86. The van der Waals surface area contributed by atoms with Crippen LogP contribution in [0.2, 0.25) is 0 Å². The summed E-state index contributed by atoms with van der Waals surface area (Å²) in [6.45, 7) is 1.17. The van der Waals surface area contributed by atoms with E-state index in [9.17, 15) is 14.7 Å². The van der Waals surface area contributed by atoms with E-state index in [4.69, 9.17) is 0 Å². The number of hydrogen-bond donors (Lipinski definition) is 1. The van der Waals surface area contributed by atoms with E-state index in [2.05, 4.69) is 0 Å². The minimum atomic E-state index is -0.691. The van der Waals surface area contributed by atoms with Gasteiger partial charge in [-0.05, 0) is 24.0 Å². The summed E-state index contributed by atoms with van der Waals surface area (Å²) in [5.41, 5.74) is 1.89. The second kappa shape index (κ2) is 9.51. The minimum Gasteiger partial charge on any atom is -0.386 e. The van der Waals surface area contributed by atoms with Gasteiger partial charge in [-0.3, -0.25) is 9.59 Å². The van der Waals surface area contributed by atoms with Crippen molar-refractivity contribution < 1.29 is 14.7 Å². The molecule has 1 heterocycles. The van der Waals surface area contributed by atoms with Gasteiger partial charge in [0.2, 0.25) is 11.8 Å². The smallest absolute Gasteiger partial charge is 0.223 e. The van der Waals surface area contributed by atoms with Gasteiger partial charge in [-0.25, -0.2) is 0 Å². The molecule has 1 N–H and O–H groups in total. The van der Waals surface area contributed by atoms with E-state index in [1.54, 1.807) is 16.8 Å². The van der Waals surface area contributed by atoms with E-state index in [1.807, 2.05) is 60.7 Å². The fourth-order valence-electron chi connectivity index (χ4n) is 3.80. The van der Waals surface area contributed by atoms with Crippen LogP contribution in [0.15, 0.2) is 60.7 Å². The number of aliphatic hydroxyl groups excluding tert-OH is 1. The van der Waals surface area contributed by atoms with Crippen LogP contribution >= 0.6 is 0 Å². The van der Waals surface area contributed by atoms with Gasteiger partial charge in [0.15, 0.2) is 0 Å². The van der Waals surface area contributed by atoms with Crippen molar-refractivity contribution in [1.82, 2.24) is 9.80 Å². The molecule has 1 aliphatic heterocycles. The average molecular weight is 380 g/mol. The quantitative estimate of drug-likeness (QED) is 0.803. The summed E-state index contributed by atoms with van der Waals surface area (Å²) in [6.07, 6.45) is 1.33. The minimum absolute atomic E-state index is 0.0449. The number of carbonyl (C=O) groups is 2. The van der Waals surface area contributed by atoms with E-state index in [-0.39, 0.29) is 30.7 Å². The van der Waals surface area contributed by atoms with Crippen molar-refractivity contribution in [1.29, 1.82) is 0 Å². The highest BCUT2D eigenvalue weighted by Crippen LogP contribution is 2.30. The molecular weight excluding hydrogens is 352 g/mol. The fourth-order valence-corrected chi connectivity index (χ4v) is 3.80. The summed E-state index contributed by atoms with van der Waals surface area (Å²) in [4.78, 5) is 28.5. The van der Waals surface area contributed by atoms with Crippen LogP contribution in [0.3, 0.4) is 0 Å². The molecule has 0 aromatic heterocycles. The van der Waals surface area contributed by atoms with Gasteiger partial charge in [0.1, 0.15) is 0 Å². The van der Waals surface area contributed by atoms with E-state index < -0.39 is 6.10 Å². The number of benzene rings is 2. The summed E-state index contributed by atoms with van der Waals surface area (Å²) >= 11 is 0. The van der Waals surface area contributed by atoms with Gasteiger partial charge < -0.3 is 14.9 Å². The molecule has 28 heavy (non-hydrogen) atoms. The van der Waals surface area contributed by atoms with Gasteiger partial charge >= 0.3 is 0 Å². The van der Waals surface area contributed by atoms with Gasteiger partial charge in [-0.15, -0.1) is 0 Å². The second-order valence-electron chi connectivity index (χ2n) is 7.39. The lowest BCUT2D eigenvalue weighted by molar-refractivity contribution is -0.138. The topological polar surface area (TPSA) is 60.9 Å². The van der Waals surface area contributed by atoms with E-state index in [0.29, 0.717) is 13.1 Å². The number of rotatable bonds is 7. The van der Waals surface area contributed by atoms with E-state index in [1.165, 1.54) is 0 Å². The van der Waals surface area contributed by atoms with Crippen molar-refractivity contribution in [3.63, 3.8) is 0 Å². The lowest BCUT2D eigenvalue weighted by Crippen LogP contribution is -2.39. The molecule has 3 rings (SSSR count). The van der Waals surface area contributed by atoms with E-state index >= 15 is 0 Å². The highest BCUT2D eigenvalue weighted by molar-refractivity contribution is 5.84. The Morgan fingerprint density at radius 3 is 2.39 bits per heavy atom. The normalized spacial score (nSPS) is 17.4. The van der Waals surface area contributed by atoms with Crippen LogP contribution in [-0.4, -0.2) is 46.4 Å². The zero-order valence-corrected chi connectivity index (χ0v) is 16.3. The summed E-state index contributed by atoms with van der Waals surface area (Å²) in [5, 5.41) is 10.7. The molecule has 5 nitrogen and oxygen atoms in total. The predicted molar refractivity (Wildman–Crippen MR) is 108 cm³/mol. The van der Waals surface area contributed by atoms with Crippen molar-refractivity contribution in [2.45, 2.75) is 44.4 Å². The lowest BCUT2D eigenvalue weighted by Gasteiger charge is -2.29. The van der Waals surface area contributed by atoms with Gasteiger partial charge in [-0.1, -0.05) is 60.7 Å². The first-order chi connectivity index (χ1) is 13.6. The van der Waals surface area contributed by atoms with Crippen LogP contribution in [0, 0.1) is 0 Å². The summed E-state index contributed by atoms with van der Waals surface area (Å²) in [7, 11) is 1.76. The number of likely N-dealkylation sites (tertiary alicyclic amines) is 1. The maximum Gasteiger partial charge on any atom is 0.223 e. The molecule has 5 heteroatoms. The van der Waals surface area contributed by atoms with Crippen molar-refractivity contribution >= 4 is 11.8 Å². The third kappa shape index (κ3) is 4.98. The van der Waals surface area contributed by atoms with Crippen LogP contribution in [0.25, 0.3) is 0 Å². The third-order valence-corrected chi connectivity index (χ3v) is 5.37. The Morgan fingerprint density at radius 1 is 1.07 bits per heavy atom. The molecule has 0 aliphatic carbocycles. The van der Waals surface area contributed by atoms with Crippen molar-refractivity contribution in [3.8, 4) is 0 Å². The van der Waals surface area contributed by atoms with Gasteiger partial charge in [0.25, 0.3) is 0 Å². The van der Waals surface area contributed by atoms with Crippen molar-refractivity contribution in [2.24, 2.45) is 0 Å². The summed E-state index contributed by atoms with van der Waals surface area (Å²) in [5.74, 6) is -0.101. The van der Waals surface area contributed by atoms with E-state index in [0.717, 1.165) is 24.0 Å². The van der Waals surface area contributed by atoms with Crippen LogP contribution in [0.4, 0.5) is 0 Å². The molecule has 1 aliphatic rings. The molecule has 2 atom stereocenters. The number of hydrogen-bond acceptors (Lipinski definition) is 3. The Hall–Kier alpha value is -2.66. The molecular formula is C23H28N2O3. The molecule has 0 bridgehead atoms. The largest absolute Gasteiger partial charge is 0.386 e. The maximum atomic E-state index is 12.7. The van der Waals surface area contributed by atoms with Crippen molar-refractivity contribution in [2.75, 3.05) is 13.6 Å². The number of nitrogens with zero attached hydrogens (tertiary/aromatic N) is 2. The molecule has 1 saturated heterocycles. The molecule has 2 aromatic rings. The zero-order chi connectivity index (χ0) is 19.9. The third-order valence-electron chi connectivity index (χ3n) is 5.37. The Bertz CT molecular complexity index is 779. The Balaban J connectivity index is 1.52. The van der Waals surface area contributed by atoms with Crippen molar-refractivity contribution in [3.05, 3.63) is 71.8 Å². The Kier molecular flexibility index (Phi) is 6.82. The predicted octanol–water partition coefficient (Wildman–Crippen LogP) is 3.15. The fraction of sp³-hybridized carbons (Fsp3) is 0.391. The van der Waals surface area contributed by atoms with Crippen LogP contribution in [0.5, 0.6) is 0 Å². The van der Waals surface area contributed by atoms with Crippen LogP contribution in [0.1, 0.15) is 42.9 Å². The summed E-state index contributed by atoms with van der Waals surface area (Å²) < 4.78 is 0. The Morgan fingerprint density at radius 2 is 1.71 bits per heavy atom. The van der Waals surface area contributed by atoms with Crippen LogP contribution in [-0.2, 0) is 16.1 Å². The number of aliphatic hydroxyl groups is 1. The molecule has 148 valence electrons. The molecule has 1 fully saturated rings. The first kappa shape index (κ1) is 20.1. The Labute approximate surface area is 166 Å². The summed E-state index contributed by atoms with van der Waals surface area (Å²) in [6, 6.07) is 19.0. The molecule has 0 spiro atoms. The first-order valence-electron chi connectivity index (χ1n) is 9.86. The van der Waals surface area contributed by atoms with Crippen LogP contribution < -0.4 is 0 Å². The second-order valence-corrected chi connectivity index (χ2v) is 7.39. The molecule has 2 aromatic carbocycles. The maximum absolute atomic E-state index is 12.7. The number of carbonyl (C=O) groups excluding carboxylic acids is 2. The standard InChI is InChI=1S/C23H28N2O3/c1-24(17-18-9-4-2-5-10-18)21(26)14-15-22(27)25-16-8-13-20(25)23(28)19-11-6-3-7-12-19/h2-7,9-12,20,23,28H,8,13-17H2,1H3/t20-,23?/m0/s1. The molecule has 2 amide bonds. The van der Waals surface area contributed by atoms with Gasteiger partial charge in [0.05, 0.1) is 12.1 Å². The van der Waals surface area contributed by atoms with Gasteiger partial charge in [-0.2, -0.15) is 0 Å². The van der Waals surface area contributed by atoms with Gasteiger partial charge in [0, 0.05) is 33.0 Å². The monoisotopic (exact) mass is 380 g/mol. The molecule has 0 radical (unpaired) electrons. The zero-order valence-electron chi connectivity index (χ0n) is 16.3.